The molecule has 5 heteroatoms. The first-order valence-electron chi connectivity index (χ1n) is 7.38. The number of carbonyl (C=O) groups is 1. The van der Waals surface area contributed by atoms with Crippen LogP contribution < -0.4 is 0 Å². The van der Waals surface area contributed by atoms with Gasteiger partial charge in [-0.2, -0.15) is 0 Å². The molecule has 0 spiro atoms. The number of rotatable bonds is 3. The molecule has 2 aromatic rings. The Morgan fingerprint density at radius 3 is 3.00 bits per heavy atom. The van der Waals surface area contributed by atoms with Crippen LogP contribution >= 0.6 is 0 Å². The summed E-state index contributed by atoms with van der Waals surface area (Å²) in [6.07, 6.45) is 4.98. The third kappa shape index (κ3) is 2.78. The molecule has 0 bridgehead atoms. The summed E-state index contributed by atoms with van der Waals surface area (Å²) in [7, 11) is 0. The fourth-order valence-electron chi connectivity index (χ4n) is 2.82. The lowest BCUT2D eigenvalue weighted by molar-refractivity contribution is -0.131. The van der Waals surface area contributed by atoms with Gasteiger partial charge in [-0.25, -0.2) is 4.98 Å². The molecular weight excluding hydrogens is 266 g/mol. The zero-order valence-corrected chi connectivity index (χ0v) is 12.5. The number of aromatic nitrogens is 2. The Balaban J connectivity index is 1.61. The van der Waals surface area contributed by atoms with Crippen molar-refractivity contribution in [1.29, 1.82) is 0 Å². The van der Waals surface area contributed by atoms with Gasteiger partial charge in [0, 0.05) is 37.8 Å². The van der Waals surface area contributed by atoms with Crippen LogP contribution in [0.3, 0.4) is 0 Å². The molecule has 0 unspecified atom stereocenters. The van der Waals surface area contributed by atoms with Crippen LogP contribution in [0, 0.1) is 5.92 Å². The maximum atomic E-state index is 12.2. The van der Waals surface area contributed by atoms with Crippen molar-refractivity contribution in [2.24, 2.45) is 5.92 Å². The first kappa shape index (κ1) is 14.1. The summed E-state index contributed by atoms with van der Waals surface area (Å²) in [5.74, 6) is 0.216. The molecule has 1 amide bonds. The van der Waals surface area contributed by atoms with E-state index in [1.165, 1.54) is 0 Å². The zero-order valence-electron chi connectivity index (χ0n) is 12.5. The molecule has 0 radical (unpaired) electrons. The Labute approximate surface area is 124 Å². The van der Waals surface area contributed by atoms with Gasteiger partial charge in [0.25, 0.3) is 0 Å². The van der Waals surface area contributed by atoms with E-state index < -0.39 is 5.60 Å². The van der Waals surface area contributed by atoms with Crippen LogP contribution in [-0.2, 0) is 11.2 Å². The van der Waals surface area contributed by atoms with Gasteiger partial charge in [0.15, 0.2) is 0 Å². The van der Waals surface area contributed by atoms with Crippen molar-refractivity contribution in [2.45, 2.75) is 32.3 Å². The first-order chi connectivity index (χ1) is 9.95. The Morgan fingerprint density at radius 2 is 2.33 bits per heavy atom. The molecule has 3 rings (SSSR count). The number of hydrogen-bond acceptors (Lipinski definition) is 3. The van der Waals surface area contributed by atoms with Gasteiger partial charge in [0.1, 0.15) is 5.65 Å². The largest absolute Gasteiger partial charge is 0.388 e. The van der Waals surface area contributed by atoms with Gasteiger partial charge in [0.05, 0.1) is 11.3 Å². The fraction of sp³-hybridized carbons (Fsp3) is 0.500. The number of aryl methyl sites for hydroxylation is 1. The standard InChI is InChI=1S/C16H21N3O2/c1-12-9-19(11-16(12,2)21)15(20)7-6-13-10-18-8-4-3-5-14(18)17-13/h3-5,8,10,12,21H,6-7,9,11H2,1-2H3/t12-,16+/m1/s1. The van der Waals surface area contributed by atoms with Gasteiger partial charge < -0.3 is 14.4 Å². The summed E-state index contributed by atoms with van der Waals surface area (Å²) in [6, 6.07) is 5.85. The lowest BCUT2D eigenvalue weighted by atomic mass is 9.95. The van der Waals surface area contributed by atoms with Crippen molar-refractivity contribution in [1.82, 2.24) is 14.3 Å². The Hall–Kier alpha value is -1.88. The average molecular weight is 287 g/mol. The lowest BCUT2D eigenvalue weighted by Crippen LogP contribution is -2.35. The average Bonchev–Trinajstić information content (AvgIpc) is 2.97. The number of hydrogen-bond donors (Lipinski definition) is 1. The van der Waals surface area contributed by atoms with Crippen LogP contribution in [0.25, 0.3) is 5.65 Å². The zero-order chi connectivity index (χ0) is 15.0. The fourth-order valence-corrected chi connectivity index (χ4v) is 2.82. The van der Waals surface area contributed by atoms with Crippen LogP contribution in [0.4, 0.5) is 0 Å². The summed E-state index contributed by atoms with van der Waals surface area (Å²) in [4.78, 5) is 18.5. The van der Waals surface area contributed by atoms with Crippen LogP contribution in [0.1, 0.15) is 26.0 Å². The molecule has 2 aromatic heterocycles. The van der Waals surface area contributed by atoms with Crippen LogP contribution in [0.2, 0.25) is 0 Å². The number of imidazole rings is 1. The molecule has 1 fully saturated rings. The van der Waals surface area contributed by atoms with Crippen molar-refractivity contribution in [3.8, 4) is 0 Å². The topological polar surface area (TPSA) is 57.8 Å². The van der Waals surface area contributed by atoms with Crippen molar-refractivity contribution in [2.75, 3.05) is 13.1 Å². The maximum Gasteiger partial charge on any atom is 0.223 e. The van der Waals surface area contributed by atoms with Crippen LogP contribution in [0.5, 0.6) is 0 Å². The Morgan fingerprint density at radius 1 is 1.52 bits per heavy atom. The highest BCUT2D eigenvalue weighted by molar-refractivity contribution is 5.77. The molecule has 112 valence electrons. The third-order valence-electron chi connectivity index (χ3n) is 4.43. The minimum atomic E-state index is -0.765. The third-order valence-corrected chi connectivity index (χ3v) is 4.43. The number of pyridine rings is 1. The molecule has 2 atom stereocenters. The maximum absolute atomic E-state index is 12.2. The number of fused-ring (bicyclic) bond motifs is 1. The van der Waals surface area contributed by atoms with Gasteiger partial charge in [-0.05, 0) is 25.5 Å². The van der Waals surface area contributed by atoms with Gasteiger partial charge in [0.2, 0.25) is 5.91 Å². The van der Waals surface area contributed by atoms with Gasteiger partial charge in [-0.15, -0.1) is 0 Å². The molecule has 0 aromatic carbocycles. The first-order valence-corrected chi connectivity index (χ1v) is 7.38. The second-order valence-electron chi connectivity index (χ2n) is 6.23. The highest BCUT2D eigenvalue weighted by Crippen LogP contribution is 2.27. The monoisotopic (exact) mass is 287 g/mol. The SMILES string of the molecule is C[C@@H]1CN(C(=O)CCc2cn3ccccc3n2)C[C@]1(C)O. The van der Waals surface area contributed by atoms with E-state index in [2.05, 4.69) is 4.98 Å². The molecule has 21 heavy (non-hydrogen) atoms. The minimum Gasteiger partial charge on any atom is -0.388 e. The summed E-state index contributed by atoms with van der Waals surface area (Å²) in [5, 5.41) is 10.2. The number of aliphatic hydroxyl groups is 1. The number of amides is 1. The summed E-state index contributed by atoms with van der Waals surface area (Å²) >= 11 is 0. The minimum absolute atomic E-state index is 0.0941. The Kier molecular flexibility index (Phi) is 3.45. The van der Waals surface area contributed by atoms with E-state index in [0.29, 0.717) is 25.9 Å². The van der Waals surface area contributed by atoms with Gasteiger partial charge >= 0.3 is 0 Å². The molecule has 0 saturated carbocycles. The summed E-state index contributed by atoms with van der Waals surface area (Å²) < 4.78 is 1.96. The molecule has 5 nitrogen and oxygen atoms in total. The van der Waals surface area contributed by atoms with Crippen molar-refractivity contribution >= 4 is 11.6 Å². The van der Waals surface area contributed by atoms with Gasteiger partial charge in [-0.1, -0.05) is 13.0 Å². The smallest absolute Gasteiger partial charge is 0.223 e. The predicted octanol–water partition coefficient (Wildman–Crippen LogP) is 1.50. The normalized spacial score (nSPS) is 25.7. The lowest BCUT2D eigenvalue weighted by Gasteiger charge is -2.20. The predicted molar refractivity (Wildman–Crippen MR) is 79.9 cm³/mol. The molecule has 0 aliphatic carbocycles. The second kappa shape index (κ2) is 5.15. The van der Waals surface area contributed by atoms with Crippen molar-refractivity contribution in [3.63, 3.8) is 0 Å². The molecule has 1 N–H and O–H groups in total. The molecule has 1 saturated heterocycles. The summed E-state index contributed by atoms with van der Waals surface area (Å²) in [6.45, 7) is 4.84. The number of carbonyl (C=O) groups excluding carboxylic acids is 1. The summed E-state index contributed by atoms with van der Waals surface area (Å²) in [5.41, 5.74) is 1.06. The van der Waals surface area contributed by atoms with Gasteiger partial charge in [-0.3, -0.25) is 4.79 Å². The molecular formula is C16H21N3O2. The van der Waals surface area contributed by atoms with E-state index in [-0.39, 0.29) is 11.8 Å². The Bertz CT molecular complexity index is 629. The molecule has 1 aliphatic rings. The highest BCUT2D eigenvalue weighted by atomic mass is 16.3. The number of β-amino-alcohol motifs (C(OH)–C–C–N with tert-alkyl or cyclic N) is 1. The van der Waals surface area contributed by atoms with E-state index in [0.717, 1.165) is 11.3 Å². The van der Waals surface area contributed by atoms with E-state index in [1.54, 1.807) is 11.8 Å². The van der Waals surface area contributed by atoms with E-state index in [4.69, 9.17) is 0 Å². The number of likely N-dealkylation sites (tertiary alicyclic amines) is 1. The van der Waals surface area contributed by atoms with E-state index >= 15 is 0 Å². The van der Waals surface area contributed by atoms with Crippen molar-refractivity contribution < 1.29 is 9.90 Å². The highest BCUT2D eigenvalue weighted by Gasteiger charge is 2.40. The van der Waals surface area contributed by atoms with E-state index in [1.807, 2.05) is 41.9 Å². The second-order valence-corrected chi connectivity index (χ2v) is 6.23. The van der Waals surface area contributed by atoms with E-state index in [9.17, 15) is 9.90 Å². The van der Waals surface area contributed by atoms with Crippen LogP contribution in [0.15, 0.2) is 30.6 Å². The molecule has 3 heterocycles. The van der Waals surface area contributed by atoms with Crippen LogP contribution in [-0.4, -0.2) is 44.0 Å². The number of nitrogens with zero attached hydrogens (tertiary/aromatic N) is 3. The van der Waals surface area contributed by atoms with Crippen molar-refractivity contribution in [3.05, 3.63) is 36.3 Å². The molecule has 1 aliphatic heterocycles. The quantitative estimate of drug-likeness (QED) is 0.930.